The van der Waals surface area contributed by atoms with Crippen molar-refractivity contribution < 1.29 is 4.79 Å². The van der Waals surface area contributed by atoms with E-state index in [2.05, 4.69) is 30.5 Å². The molecular weight excluding hydrogens is 220 g/mol. The maximum atomic E-state index is 11.5. The van der Waals surface area contributed by atoms with E-state index in [1.54, 1.807) is 0 Å². The fraction of sp³-hybridized carbons (Fsp3) is 0. The Kier molecular flexibility index (Phi) is 2.55. The highest BCUT2D eigenvalue weighted by Crippen LogP contribution is 2.04. The van der Waals surface area contributed by atoms with E-state index in [0.29, 0.717) is 0 Å². The number of aromatic amines is 1. The first-order valence-corrected chi connectivity index (χ1v) is 4.28. The van der Waals surface area contributed by atoms with Gasteiger partial charge in [0.15, 0.2) is 0 Å². The van der Waals surface area contributed by atoms with E-state index in [1.807, 2.05) is 0 Å². The van der Waals surface area contributed by atoms with E-state index >= 15 is 0 Å². The summed E-state index contributed by atoms with van der Waals surface area (Å²) in [4.78, 5) is 22.7. The van der Waals surface area contributed by atoms with E-state index in [1.165, 1.54) is 18.7 Å². The molecule has 2 aromatic rings. The predicted octanol–water partition coefficient (Wildman–Crippen LogP) is 0.500. The average molecular weight is 225 g/mol. The Morgan fingerprint density at radius 3 is 3.00 bits per heavy atom. The third-order valence-electron chi connectivity index (χ3n) is 1.48. The molecule has 0 saturated carbocycles. The second-order valence-electron chi connectivity index (χ2n) is 2.52. The number of halogens is 1. The molecule has 0 unspecified atom stereocenters. The Labute approximate surface area is 88.9 Å². The maximum absolute atomic E-state index is 11.5. The first-order valence-electron chi connectivity index (χ1n) is 3.90. The number of carbonyl (C=O) groups is 1. The average Bonchev–Trinajstić information content (AvgIpc) is 2.70. The Morgan fingerprint density at radius 1 is 1.47 bits per heavy atom. The lowest BCUT2D eigenvalue weighted by Crippen LogP contribution is -2.15. The first-order chi connectivity index (χ1) is 7.25. The van der Waals surface area contributed by atoms with Crippen molar-refractivity contribution in [1.82, 2.24) is 25.1 Å². The number of anilines is 1. The van der Waals surface area contributed by atoms with E-state index in [0.717, 1.165) is 0 Å². The molecule has 0 bridgehead atoms. The summed E-state index contributed by atoms with van der Waals surface area (Å²) < 4.78 is 0. The number of rotatable bonds is 2. The van der Waals surface area contributed by atoms with Crippen molar-refractivity contribution in [3.05, 3.63) is 29.6 Å². The van der Waals surface area contributed by atoms with Gasteiger partial charge < -0.3 is 0 Å². The van der Waals surface area contributed by atoms with Crippen LogP contribution in [0.15, 0.2) is 18.7 Å². The van der Waals surface area contributed by atoms with Gasteiger partial charge >= 0.3 is 0 Å². The molecule has 0 spiro atoms. The van der Waals surface area contributed by atoms with Crippen LogP contribution >= 0.6 is 11.6 Å². The highest BCUT2D eigenvalue weighted by Gasteiger charge is 2.09. The van der Waals surface area contributed by atoms with Crippen LogP contribution in [-0.2, 0) is 0 Å². The Balaban J connectivity index is 2.15. The van der Waals surface area contributed by atoms with E-state index < -0.39 is 5.91 Å². The lowest BCUT2D eigenvalue weighted by Gasteiger charge is -1.99. The molecule has 76 valence electrons. The molecule has 0 aliphatic rings. The second kappa shape index (κ2) is 4.01. The van der Waals surface area contributed by atoms with Crippen LogP contribution < -0.4 is 5.32 Å². The van der Waals surface area contributed by atoms with Crippen molar-refractivity contribution in [2.45, 2.75) is 0 Å². The third kappa shape index (κ3) is 2.26. The molecule has 2 heterocycles. The first kappa shape index (κ1) is 9.53. The number of hydrogen-bond donors (Lipinski definition) is 2. The fourth-order valence-electron chi connectivity index (χ4n) is 0.889. The van der Waals surface area contributed by atoms with Gasteiger partial charge in [-0.05, 0) is 0 Å². The molecule has 2 N–H and O–H groups in total. The van der Waals surface area contributed by atoms with Crippen LogP contribution in [0.5, 0.6) is 0 Å². The van der Waals surface area contributed by atoms with Gasteiger partial charge in [-0.25, -0.2) is 10.1 Å². The number of carbonyl (C=O) groups excluding carboxylic acids is 1. The van der Waals surface area contributed by atoms with Gasteiger partial charge in [0, 0.05) is 0 Å². The quantitative estimate of drug-likeness (QED) is 0.774. The van der Waals surface area contributed by atoms with Crippen LogP contribution in [0.25, 0.3) is 0 Å². The molecule has 2 rings (SSSR count). The van der Waals surface area contributed by atoms with Crippen LogP contribution in [0.2, 0.25) is 5.15 Å². The third-order valence-corrected chi connectivity index (χ3v) is 1.67. The van der Waals surface area contributed by atoms with Gasteiger partial charge in [-0.2, -0.15) is 10.1 Å². The lowest BCUT2D eigenvalue weighted by atomic mass is 10.4. The summed E-state index contributed by atoms with van der Waals surface area (Å²) >= 11 is 5.58. The van der Waals surface area contributed by atoms with E-state index in [9.17, 15) is 4.79 Å². The van der Waals surface area contributed by atoms with Gasteiger partial charge in [0.2, 0.25) is 5.95 Å². The number of amides is 1. The summed E-state index contributed by atoms with van der Waals surface area (Å²) in [5, 5.41) is 8.64. The highest BCUT2D eigenvalue weighted by atomic mass is 35.5. The van der Waals surface area contributed by atoms with Crippen LogP contribution in [0.1, 0.15) is 10.5 Å². The summed E-state index contributed by atoms with van der Waals surface area (Å²) in [7, 11) is 0. The number of nitrogens with one attached hydrogen (secondary N) is 2. The molecule has 0 atom stereocenters. The molecule has 2 aromatic heterocycles. The molecule has 1 amide bonds. The Morgan fingerprint density at radius 2 is 2.33 bits per heavy atom. The van der Waals surface area contributed by atoms with Crippen LogP contribution in [-0.4, -0.2) is 31.1 Å². The number of H-pyrrole nitrogens is 1. The van der Waals surface area contributed by atoms with Gasteiger partial charge in [0.1, 0.15) is 17.2 Å². The molecule has 7 nitrogen and oxygen atoms in total. The lowest BCUT2D eigenvalue weighted by molar-refractivity contribution is 0.102. The minimum atomic E-state index is -0.457. The molecule has 0 fully saturated rings. The number of nitrogens with zero attached hydrogens (tertiary/aromatic N) is 4. The SMILES string of the molecule is O=C(Nc1ncn[nH]1)c1cncc(Cl)n1. The van der Waals surface area contributed by atoms with Crippen molar-refractivity contribution in [3.8, 4) is 0 Å². The Bertz CT molecular complexity index is 470. The Hall–Kier alpha value is -2.02. The van der Waals surface area contributed by atoms with Crippen LogP contribution in [0, 0.1) is 0 Å². The highest BCUT2D eigenvalue weighted by molar-refractivity contribution is 6.29. The zero-order valence-electron chi connectivity index (χ0n) is 7.31. The van der Waals surface area contributed by atoms with E-state index in [4.69, 9.17) is 11.6 Å². The topological polar surface area (TPSA) is 96.5 Å². The molecule has 0 saturated heterocycles. The van der Waals surface area contributed by atoms with Gasteiger partial charge in [-0.1, -0.05) is 11.6 Å². The van der Waals surface area contributed by atoms with Crippen molar-refractivity contribution in [1.29, 1.82) is 0 Å². The summed E-state index contributed by atoms with van der Waals surface area (Å²) in [6.07, 6.45) is 3.92. The minimum absolute atomic E-state index is 0.110. The van der Waals surface area contributed by atoms with Gasteiger partial charge in [-0.15, -0.1) is 0 Å². The van der Waals surface area contributed by atoms with Gasteiger partial charge in [0.05, 0.1) is 12.4 Å². The fourth-order valence-corrected chi connectivity index (χ4v) is 1.04. The molecular formula is C7H5ClN6O. The summed E-state index contributed by atoms with van der Waals surface area (Å²) in [6, 6.07) is 0. The maximum Gasteiger partial charge on any atom is 0.278 e. The number of aromatic nitrogens is 5. The van der Waals surface area contributed by atoms with Crippen molar-refractivity contribution in [2.75, 3.05) is 5.32 Å². The zero-order chi connectivity index (χ0) is 10.7. The standard InChI is InChI=1S/C7H5ClN6O/c8-5-2-9-1-4(12-5)6(15)13-7-10-3-11-14-7/h1-3H,(H2,10,11,13,14,15). The smallest absolute Gasteiger partial charge is 0.278 e. The van der Waals surface area contributed by atoms with Crippen molar-refractivity contribution in [3.63, 3.8) is 0 Å². The molecule has 8 heteroatoms. The van der Waals surface area contributed by atoms with Crippen LogP contribution in [0.4, 0.5) is 5.95 Å². The molecule has 0 aliphatic heterocycles. The summed E-state index contributed by atoms with van der Waals surface area (Å²) in [6.45, 7) is 0. The van der Waals surface area contributed by atoms with E-state index in [-0.39, 0.29) is 16.8 Å². The summed E-state index contributed by atoms with van der Waals surface area (Å²) in [5.41, 5.74) is 0.110. The summed E-state index contributed by atoms with van der Waals surface area (Å²) in [5.74, 6) is -0.219. The monoisotopic (exact) mass is 224 g/mol. The molecule has 0 aromatic carbocycles. The molecule has 0 aliphatic carbocycles. The normalized spacial score (nSPS) is 9.93. The van der Waals surface area contributed by atoms with Gasteiger partial charge in [-0.3, -0.25) is 15.1 Å². The largest absolute Gasteiger partial charge is 0.289 e. The van der Waals surface area contributed by atoms with Crippen LogP contribution in [0.3, 0.4) is 0 Å². The van der Waals surface area contributed by atoms with Crippen molar-refractivity contribution in [2.24, 2.45) is 0 Å². The predicted molar refractivity (Wildman–Crippen MR) is 51.4 cm³/mol. The number of hydrogen-bond acceptors (Lipinski definition) is 5. The van der Waals surface area contributed by atoms with Crippen molar-refractivity contribution >= 4 is 23.5 Å². The molecule has 0 radical (unpaired) electrons. The minimum Gasteiger partial charge on any atom is -0.289 e. The van der Waals surface area contributed by atoms with Gasteiger partial charge in [0.25, 0.3) is 5.91 Å². The zero-order valence-corrected chi connectivity index (χ0v) is 8.06. The second-order valence-corrected chi connectivity index (χ2v) is 2.90. The molecule has 15 heavy (non-hydrogen) atoms.